The summed E-state index contributed by atoms with van der Waals surface area (Å²) >= 11 is 1.39. The maximum atomic E-state index is 13.5. The van der Waals surface area contributed by atoms with Gasteiger partial charge in [-0.3, -0.25) is 4.79 Å². The minimum atomic E-state index is -0.451. The fourth-order valence-corrected chi connectivity index (χ4v) is 2.10. The van der Waals surface area contributed by atoms with Crippen LogP contribution in [-0.2, 0) is 0 Å². The highest BCUT2D eigenvalue weighted by Gasteiger charge is 2.10. The number of nitrogens with zero attached hydrogens (tertiary/aromatic N) is 1. The van der Waals surface area contributed by atoms with Crippen molar-refractivity contribution in [3.05, 3.63) is 45.7 Å². The third-order valence-electron chi connectivity index (χ3n) is 2.40. The summed E-state index contributed by atoms with van der Waals surface area (Å²) in [6.45, 7) is 1.97. The zero-order valence-corrected chi connectivity index (χ0v) is 11.6. The average molecular weight is 289 g/mol. The van der Waals surface area contributed by atoms with Gasteiger partial charge in [-0.15, -0.1) is 11.3 Å². The molecule has 2 aromatic rings. The molecule has 0 saturated heterocycles. The summed E-state index contributed by atoms with van der Waals surface area (Å²) in [7, 11) is 0. The number of carbonyl (C=O) groups excluding carboxylic acids is 1. The van der Waals surface area contributed by atoms with Crippen LogP contribution in [0, 0.1) is 24.6 Å². The zero-order chi connectivity index (χ0) is 14.5. The monoisotopic (exact) mass is 289 g/mol. The molecule has 0 fully saturated rings. The van der Waals surface area contributed by atoms with Gasteiger partial charge in [-0.1, -0.05) is 11.8 Å². The van der Waals surface area contributed by atoms with Gasteiger partial charge < -0.3 is 11.1 Å². The average Bonchev–Trinajstić information content (AvgIpc) is 2.86. The Kier molecular flexibility index (Phi) is 4.45. The van der Waals surface area contributed by atoms with E-state index in [1.807, 2.05) is 6.92 Å². The molecular formula is C14H12FN3OS. The van der Waals surface area contributed by atoms with Crippen LogP contribution in [-0.4, -0.2) is 17.4 Å². The lowest BCUT2D eigenvalue weighted by atomic mass is 10.2. The van der Waals surface area contributed by atoms with Gasteiger partial charge in [0.2, 0.25) is 0 Å². The standard InChI is InChI=1S/C14H12FN3OS/c1-9-17-13(8-20-9)14(19)18-11-4-5-12(15)10(7-11)3-2-6-16/h4-5,7-8H,6,16H2,1H3,(H,18,19). The lowest BCUT2D eigenvalue weighted by Gasteiger charge is -2.04. The highest BCUT2D eigenvalue weighted by atomic mass is 32.1. The quantitative estimate of drug-likeness (QED) is 0.832. The second kappa shape index (κ2) is 6.28. The molecule has 0 aliphatic heterocycles. The van der Waals surface area contributed by atoms with E-state index >= 15 is 0 Å². The van der Waals surface area contributed by atoms with Crippen molar-refractivity contribution in [3.63, 3.8) is 0 Å². The van der Waals surface area contributed by atoms with Gasteiger partial charge in [0.05, 0.1) is 17.1 Å². The highest BCUT2D eigenvalue weighted by molar-refractivity contribution is 7.09. The van der Waals surface area contributed by atoms with E-state index in [1.54, 1.807) is 5.38 Å². The van der Waals surface area contributed by atoms with Crippen molar-refractivity contribution in [1.29, 1.82) is 0 Å². The summed E-state index contributed by atoms with van der Waals surface area (Å²) in [6.07, 6.45) is 0. The molecule has 0 aliphatic rings. The second-order valence-corrected chi connectivity index (χ2v) is 4.97. The Morgan fingerprint density at radius 1 is 1.55 bits per heavy atom. The smallest absolute Gasteiger partial charge is 0.275 e. The molecule has 20 heavy (non-hydrogen) atoms. The van der Waals surface area contributed by atoms with Gasteiger partial charge in [0.1, 0.15) is 11.5 Å². The van der Waals surface area contributed by atoms with Crippen molar-refractivity contribution in [1.82, 2.24) is 4.98 Å². The normalized spacial score (nSPS) is 9.75. The number of hydrogen-bond acceptors (Lipinski definition) is 4. The molecule has 0 unspecified atom stereocenters. The molecule has 102 valence electrons. The van der Waals surface area contributed by atoms with Crippen molar-refractivity contribution in [2.24, 2.45) is 5.73 Å². The van der Waals surface area contributed by atoms with Gasteiger partial charge in [-0.05, 0) is 25.1 Å². The first-order valence-corrected chi connectivity index (χ1v) is 6.70. The molecule has 1 aromatic heterocycles. The molecule has 0 bridgehead atoms. The van der Waals surface area contributed by atoms with Crippen LogP contribution in [0.4, 0.5) is 10.1 Å². The fraction of sp³-hybridized carbons (Fsp3) is 0.143. The molecule has 1 heterocycles. The Morgan fingerprint density at radius 2 is 2.35 bits per heavy atom. The van der Waals surface area contributed by atoms with Crippen LogP contribution in [0.15, 0.2) is 23.6 Å². The van der Waals surface area contributed by atoms with E-state index in [1.165, 1.54) is 29.5 Å². The molecule has 6 heteroatoms. The summed E-state index contributed by atoms with van der Waals surface area (Å²) in [5, 5.41) is 5.13. The number of halogens is 1. The largest absolute Gasteiger partial charge is 0.321 e. The van der Waals surface area contributed by atoms with Gasteiger partial charge in [-0.25, -0.2) is 9.37 Å². The maximum Gasteiger partial charge on any atom is 0.275 e. The van der Waals surface area contributed by atoms with E-state index in [2.05, 4.69) is 22.1 Å². The number of thiazole rings is 1. The van der Waals surface area contributed by atoms with Crippen LogP contribution >= 0.6 is 11.3 Å². The van der Waals surface area contributed by atoms with E-state index in [-0.39, 0.29) is 18.0 Å². The minimum Gasteiger partial charge on any atom is -0.321 e. The molecule has 0 saturated carbocycles. The van der Waals surface area contributed by atoms with Crippen LogP contribution in [0.1, 0.15) is 21.1 Å². The molecule has 0 atom stereocenters. The van der Waals surface area contributed by atoms with Crippen LogP contribution in [0.2, 0.25) is 0 Å². The first kappa shape index (κ1) is 14.2. The van der Waals surface area contributed by atoms with Crippen LogP contribution in [0.3, 0.4) is 0 Å². The number of nitrogens with one attached hydrogen (secondary N) is 1. The van der Waals surface area contributed by atoms with E-state index in [9.17, 15) is 9.18 Å². The minimum absolute atomic E-state index is 0.147. The van der Waals surface area contributed by atoms with Gasteiger partial charge in [0.25, 0.3) is 5.91 Å². The number of benzene rings is 1. The molecule has 0 radical (unpaired) electrons. The third-order valence-corrected chi connectivity index (χ3v) is 3.17. The van der Waals surface area contributed by atoms with E-state index in [0.29, 0.717) is 11.4 Å². The van der Waals surface area contributed by atoms with Gasteiger partial charge in [-0.2, -0.15) is 0 Å². The topological polar surface area (TPSA) is 68.0 Å². The maximum absolute atomic E-state index is 13.5. The second-order valence-electron chi connectivity index (χ2n) is 3.91. The number of carbonyl (C=O) groups is 1. The van der Waals surface area contributed by atoms with Crippen LogP contribution < -0.4 is 11.1 Å². The molecule has 3 N–H and O–H groups in total. The molecule has 1 amide bonds. The molecule has 0 spiro atoms. The number of aryl methyl sites for hydroxylation is 1. The predicted molar refractivity (Wildman–Crippen MR) is 77.1 cm³/mol. The highest BCUT2D eigenvalue weighted by Crippen LogP contribution is 2.16. The van der Waals surface area contributed by atoms with Crippen molar-refractivity contribution >= 4 is 22.9 Å². The number of aromatic nitrogens is 1. The van der Waals surface area contributed by atoms with E-state index in [4.69, 9.17) is 5.73 Å². The number of amides is 1. The Labute approximate surface area is 119 Å². The Balaban J connectivity index is 2.19. The summed E-state index contributed by atoms with van der Waals surface area (Å²) in [5.74, 6) is 4.41. The Hall–Kier alpha value is -2.23. The summed E-state index contributed by atoms with van der Waals surface area (Å²) in [5.41, 5.74) is 6.25. The zero-order valence-electron chi connectivity index (χ0n) is 10.7. The molecule has 2 rings (SSSR count). The molecule has 0 aliphatic carbocycles. The lowest BCUT2D eigenvalue weighted by Crippen LogP contribution is -2.12. The van der Waals surface area contributed by atoms with Gasteiger partial charge >= 0.3 is 0 Å². The summed E-state index contributed by atoms with van der Waals surface area (Å²) < 4.78 is 13.5. The summed E-state index contributed by atoms with van der Waals surface area (Å²) in [4.78, 5) is 16.0. The Morgan fingerprint density at radius 3 is 3.00 bits per heavy atom. The van der Waals surface area contributed by atoms with Crippen molar-refractivity contribution < 1.29 is 9.18 Å². The lowest BCUT2D eigenvalue weighted by molar-refractivity contribution is 0.102. The van der Waals surface area contributed by atoms with Crippen molar-refractivity contribution in [2.45, 2.75) is 6.92 Å². The van der Waals surface area contributed by atoms with E-state index < -0.39 is 5.82 Å². The molecule has 4 nitrogen and oxygen atoms in total. The number of nitrogens with two attached hydrogens (primary N) is 1. The van der Waals surface area contributed by atoms with Crippen LogP contribution in [0.25, 0.3) is 0 Å². The number of rotatable bonds is 2. The first-order valence-electron chi connectivity index (χ1n) is 5.82. The number of anilines is 1. The van der Waals surface area contributed by atoms with Crippen molar-refractivity contribution in [2.75, 3.05) is 11.9 Å². The SMILES string of the molecule is Cc1nc(C(=O)Nc2ccc(F)c(C#CCN)c2)cs1. The van der Waals surface area contributed by atoms with Gasteiger partial charge in [0, 0.05) is 11.1 Å². The van der Waals surface area contributed by atoms with Crippen LogP contribution in [0.5, 0.6) is 0 Å². The third kappa shape index (κ3) is 3.41. The first-order chi connectivity index (χ1) is 9.60. The molecular weight excluding hydrogens is 277 g/mol. The van der Waals surface area contributed by atoms with E-state index in [0.717, 1.165) is 5.01 Å². The number of hydrogen-bond donors (Lipinski definition) is 2. The van der Waals surface area contributed by atoms with Crippen molar-refractivity contribution in [3.8, 4) is 11.8 Å². The fourth-order valence-electron chi connectivity index (χ4n) is 1.51. The Bertz CT molecular complexity index is 700. The summed E-state index contributed by atoms with van der Waals surface area (Å²) in [6, 6.07) is 4.19. The van der Waals surface area contributed by atoms with Gasteiger partial charge in [0.15, 0.2) is 0 Å². The molecule has 1 aromatic carbocycles. The predicted octanol–water partition coefficient (Wildman–Crippen LogP) is 2.15.